The molecule has 0 bridgehead atoms. The van der Waals surface area contributed by atoms with E-state index < -0.39 is 29.1 Å². The van der Waals surface area contributed by atoms with E-state index in [1.807, 2.05) is 0 Å². The molecule has 1 aliphatic rings. The number of hydrogen-bond donors (Lipinski definition) is 4. The van der Waals surface area contributed by atoms with Gasteiger partial charge in [-0.2, -0.15) is 0 Å². The smallest absolute Gasteiger partial charge is 0.434 e. The molecule has 0 aromatic rings. The van der Waals surface area contributed by atoms with Crippen molar-refractivity contribution in [3.8, 4) is 0 Å². The van der Waals surface area contributed by atoms with Gasteiger partial charge >= 0.3 is 6.16 Å². The standard InChI is InChI=1S/C10H20N2O9/c1-6(2)19-10(13)18-5-7-3-8(20-11(14)15)9(4-7)21-12(16)17/h6-9,14-17H,3-5H2,1-2H3. The van der Waals surface area contributed by atoms with Gasteiger partial charge in [-0.15, -0.1) is 0 Å². The van der Waals surface area contributed by atoms with Crippen molar-refractivity contribution in [1.82, 2.24) is 10.8 Å². The summed E-state index contributed by atoms with van der Waals surface area (Å²) < 4.78 is 9.69. The largest absolute Gasteiger partial charge is 0.508 e. The minimum Gasteiger partial charge on any atom is -0.434 e. The van der Waals surface area contributed by atoms with E-state index in [-0.39, 0.29) is 31.5 Å². The van der Waals surface area contributed by atoms with Crippen molar-refractivity contribution < 1.29 is 44.8 Å². The van der Waals surface area contributed by atoms with Crippen molar-refractivity contribution in [3.05, 3.63) is 0 Å². The maximum absolute atomic E-state index is 11.2. The van der Waals surface area contributed by atoms with Crippen LogP contribution in [0.1, 0.15) is 26.7 Å². The minimum atomic E-state index is -0.864. The third kappa shape index (κ3) is 6.97. The second-order valence-electron chi connectivity index (χ2n) is 4.86. The Kier molecular flexibility index (Phi) is 7.21. The minimum absolute atomic E-state index is 0.00100. The van der Waals surface area contributed by atoms with Crippen molar-refractivity contribution in [2.75, 3.05) is 6.61 Å². The molecule has 2 unspecified atom stereocenters. The topological polar surface area (TPSA) is 141 Å². The first kappa shape index (κ1) is 18.0. The summed E-state index contributed by atoms with van der Waals surface area (Å²) in [5.41, 5.74) is 0. The van der Waals surface area contributed by atoms with E-state index >= 15 is 0 Å². The monoisotopic (exact) mass is 312 g/mol. The van der Waals surface area contributed by atoms with E-state index in [2.05, 4.69) is 9.68 Å². The molecule has 0 aromatic carbocycles. The van der Waals surface area contributed by atoms with Gasteiger partial charge in [0.05, 0.1) is 23.5 Å². The van der Waals surface area contributed by atoms with Crippen LogP contribution in [0, 0.1) is 5.92 Å². The second kappa shape index (κ2) is 8.41. The molecule has 11 heteroatoms. The van der Waals surface area contributed by atoms with Crippen LogP contribution in [0.4, 0.5) is 4.79 Å². The van der Waals surface area contributed by atoms with Gasteiger partial charge in [0.15, 0.2) is 0 Å². The molecule has 21 heavy (non-hydrogen) atoms. The molecule has 2 atom stereocenters. The Morgan fingerprint density at radius 2 is 1.57 bits per heavy atom. The van der Waals surface area contributed by atoms with Crippen molar-refractivity contribution >= 4 is 6.16 Å². The number of rotatable bonds is 7. The highest BCUT2D eigenvalue weighted by atomic mass is 17.1. The Hall–Kier alpha value is -1.05. The fraction of sp³-hybridized carbons (Fsp3) is 0.900. The Bertz CT molecular complexity index is 308. The van der Waals surface area contributed by atoms with Gasteiger partial charge in [0.25, 0.3) is 0 Å². The van der Waals surface area contributed by atoms with Crippen LogP contribution in [0.5, 0.6) is 0 Å². The third-order valence-electron chi connectivity index (χ3n) is 2.77. The molecule has 0 heterocycles. The highest BCUT2D eigenvalue weighted by Gasteiger charge is 2.39. The van der Waals surface area contributed by atoms with Crippen molar-refractivity contribution in [2.45, 2.75) is 45.0 Å². The predicted molar refractivity (Wildman–Crippen MR) is 60.9 cm³/mol. The summed E-state index contributed by atoms with van der Waals surface area (Å²) in [5.74, 6) is -0.236. The zero-order valence-electron chi connectivity index (χ0n) is 11.7. The lowest BCUT2D eigenvalue weighted by Crippen LogP contribution is -2.35. The molecule has 0 amide bonds. The first-order valence-electron chi connectivity index (χ1n) is 6.30. The Balaban J connectivity index is 2.44. The Morgan fingerprint density at radius 3 is 1.95 bits per heavy atom. The summed E-state index contributed by atoms with van der Waals surface area (Å²) >= 11 is 0. The van der Waals surface area contributed by atoms with Crippen LogP contribution in [-0.2, 0) is 19.1 Å². The van der Waals surface area contributed by atoms with Gasteiger partial charge in [0.2, 0.25) is 0 Å². The van der Waals surface area contributed by atoms with Gasteiger partial charge in [-0.3, -0.25) is 20.8 Å². The maximum atomic E-state index is 11.2. The van der Waals surface area contributed by atoms with Gasteiger partial charge in [0, 0.05) is 0 Å². The second-order valence-corrected chi connectivity index (χ2v) is 4.86. The lowest BCUT2D eigenvalue weighted by molar-refractivity contribution is -0.535. The van der Waals surface area contributed by atoms with Gasteiger partial charge < -0.3 is 9.47 Å². The first-order valence-corrected chi connectivity index (χ1v) is 6.30. The summed E-state index contributed by atoms with van der Waals surface area (Å²) in [4.78, 5) is 20.5. The molecule has 1 rings (SSSR count). The molecule has 1 fully saturated rings. The van der Waals surface area contributed by atoms with Crippen LogP contribution in [0.25, 0.3) is 0 Å². The van der Waals surface area contributed by atoms with E-state index in [0.29, 0.717) is 0 Å². The molecule has 1 aliphatic carbocycles. The average molecular weight is 312 g/mol. The molecule has 4 N–H and O–H groups in total. The summed E-state index contributed by atoms with van der Waals surface area (Å²) in [6.45, 7) is 3.36. The summed E-state index contributed by atoms with van der Waals surface area (Å²) in [6, 6.07) is 0. The van der Waals surface area contributed by atoms with E-state index in [1.165, 1.54) is 0 Å². The number of nitrogens with zero attached hydrogens (tertiary/aromatic N) is 2. The van der Waals surface area contributed by atoms with Crippen LogP contribution < -0.4 is 0 Å². The van der Waals surface area contributed by atoms with Gasteiger partial charge in [-0.25, -0.2) is 14.5 Å². The van der Waals surface area contributed by atoms with Crippen LogP contribution >= 0.6 is 0 Å². The Labute approximate surface area is 120 Å². The maximum Gasteiger partial charge on any atom is 0.508 e. The molecule has 0 radical (unpaired) electrons. The quantitative estimate of drug-likeness (QED) is 0.390. The van der Waals surface area contributed by atoms with E-state index in [0.717, 1.165) is 0 Å². The van der Waals surface area contributed by atoms with Crippen molar-refractivity contribution in [1.29, 1.82) is 0 Å². The fourth-order valence-corrected chi connectivity index (χ4v) is 2.07. The highest BCUT2D eigenvalue weighted by molar-refractivity contribution is 5.60. The predicted octanol–water partition coefficient (Wildman–Crippen LogP) is 0.719. The lowest BCUT2D eigenvalue weighted by Gasteiger charge is -2.20. The molecule has 11 nitrogen and oxygen atoms in total. The number of ether oxygens (including phenoxy) is 2. The van der Waals surface area contributed by atoms with Gasteiger partial charge in [0.1, 0.15) is 12.2 Å². The number of hydrogen-bond acceptors (Lipinski definition) is 11. The highest BCUT2D eigenvalue weighted by Crippen LogP contribution is 2.31. The van der Waals surface area contributed by atoms with Gasteiger partial charge in [-0.05, 0) is 32.6 Å². The first-order chi connectivity index (χ1) is 9.77. The molecular weight excluding hydrogens is 292 g/mol. The molecular formula is C10H20N2O9. The van der Waals surface area contributed by atoms with E-state index in [4.69, 9.17) is 30.3 Å². The zero-order valence-corrected chi connectivity index (χ0v) is 11.7. The van der Waals surface area contributed by atoms with Crippen molar-refractivity contribution in [2.24, 2.45) is 5.92 Å². The average Bonchev–Trinajstić information content (AvgIpc) is 2.66. The fourth-order valence-electron chi connectivity index (χ4n) is 2.07. The van der Waals surface area contributed by atoms with Gasteiger partial charge in [-0.1, -0.05) is 0 Å². The molecule has 0 spiro atoms. The third-order valence-corrected chi connectivity index (χ3v) is 2.77. The molecule has 0 saturated heterocycles. The zero-order chi connectivity index (χ0) is 16.0. The Morgan fingerprint density at radius 1 is 1.10 bits per heavy atom. The SMILES string of the molecule is CC(C)OC(=O)OCC1CC(ON(O)O)C(ON(O)O)C1. The van der Waals surface area contributed by atoms with E-state index in [9.17, 15) is 4.79 Å². The van der Waals surface area contributed by atoms with Crippen molar-refractivity contribution in [3.63, 3.8) is 0 Å². The van der Waals surface area contributed by atoms with Crippen LogP contribution in [-0.4, -0.2) is 62.7 Å². The van der Waals surface area contributed by atoms with Crippen LogP contribution in [0.2, 0.25) is 0 Å². The normalized spacial score (nSPS) is 25.9. The summed E-state index contributed by atoms with van der Waals surface area (Å²) in [7, 11) is 0. The van der Waals surface area contributed by atoms with Crippen LogP contribution in [0.15, 0.2) is 0 Å². The van der Waals surface area contributed by atoms with Crippen LogP contribution in [0.3, 0.4) is 0 Å². The summed E-state index contributed by atoms with van der Waals surface area (Å²) in [5, 5.41) is 33.6. The number of carbonyl (C=O) groups excluding carboxylic acids is 1. The summed E-state index contributed by atoms with van der Waals surface area (Å²) in [6.07, 6.45) is -2.37. The molecule has 1 saturated carbocycles. The van der Waals surface area contributed by atoms with E-state index in [1.54, 1.807) is 13.8 Å². The molecule has 0 aliphatic heterocycles. The molecule has 0 aromatic heterocycles. The molecule has 124 valence electrons. The lowest BCUT2D eigenvalue weighted by atomic mass is 10.1. The number of carbonyl (C=O) groups is 1.